The summed E-state index contributed by atoms with van der Waals surface area (Å²) in [5.41, 5.74) is 1.13. The maximum atomic E-state index is 13.5. The first-order chi connectivity index (χ1) is 7.74. The lowest BCUT2D eigenvalue weighted by Crippen LogP contribution is -2.36. The molecule has 0 radical (unpaired) electrons. The standard InChI is InChI=1S/C12H14F2N2/c13-9-5-10(14)12-11(6-9)16(4-3-15-12)7-8-1-2-8/h5-6,8,15H,1-4,7H2. The molecule has 1 aromatic carbocycles. The zero-order valence-corrected chi connectivity index (χ0v) is 8.97. The van der Waals surface area contributed by atoms with Crippen molar-refractivity contribution >= 4 is 11.4 Å². The lowest BCUT2D eigenvalue weighted by Gasteiger charge is -2.32. The minimum absolute atomic E-state index is 0.452. The number of fused-ring (bicyclic) bond motifs is 1. The highest BCUT2D eigenvalue weighted by molar-refractivity contribution is 5.72. The Morgan fingerprint density at radius 1 is 1.31 bits per heavy atom. The minimum Gasteiger partial charge on any atom is -0.379 e. The summed E-state index contributed by atoms with van der Waals surface area (Å²) in [6.45, 7) is 2.48. The van der Waals surface area contributed by atoms with E-state index in [1.165, 1.54) is 18.9 Å². The molecule has 0 atom stereocenters. The number of hydrogen-bond acceptors (Lipinski definition) is 2. The van der Waals surface area contributed by atoms with Crippen LogP contribution in [-0.2, 0) is 0 Å². The van der Waals surface area contributed by atoms with Gasteiger partial charge in [-0.15, -0.1) is 0 Å². The topological polar surface area (TPSA) is 15.3 Å². The smallest absolute Gasteiger partial charge is 0.151 e. The summed E-state index contributed by atoms with van der Waals surface area (Å²) in [6, 6.07) is 2.36. The summed E-state index contributed by atoms with van der Waals surface area (Å²) >= 11 is 0. The van der Waals surface area contributed by atoms with Crippen molar-refractivity contribution in [3.8, 4) is 0 Å². The van der Waals surface area contributed by atoms with Gasteiger partial charge in [0.05, 0.1) is 11.4 Å². The van der Waals surface area contributed by atoms with Gasteiger partial charge in [-0.1, -0.05) is 0 Å². The molecule has 2 aliphatic rings. The van der Waals surface area contributed by atoms with Gasteiger partial charge in [0.2, 0.25) is 0 Å². The fraction of sp³-hybridized carbons (Fsp3) is 0.500. The molecule has 1 saturated carbocycles. The molecule has 0 amide bonds. The number of nitrogens with one attached hydrogen (secondary N) is 1. The Kier molecular flexibility index (Phi) is 2.23. The number of nitrogens with zero attached hydrogens (tertiary/aromatic N) is 1. The third kappa shape index (κ3) is 1.72. The van der Waals surface area contributed by atoms with E-state index in [2.05, 4.69) is 10.2 Å². The summed E-state index contributed by atoms with van der Waals surface area (Å²) in [4.78, 5) is 2.09. The van der Waals surface area contributed by atoms with Crippen LogP contribution in [0.3, 0.4) is 0 Å². The molecule has 16 heavy (non-hydrogen) atoms. The normalized spacial score (nSPS) is 19.2. The molecule has 1 N–H and O–H groups in total. The Morgan fingerprint density at radius 3 is 2.88 bits per heavy atom. The van der Waals surface area contributed by atoms with Crippen LogP contribution >= 0.6 is 0 Å². The predicted octanol–water partition coefficient (Wildman–Crippen LogP) is 2.61. The van der Waals surface area contributed by atoms with Crippen molar-refractivity contribution in [3.63, 3.8) is 0 Å². The summed E-state index contributed by atoms with van der Waals surface area (Å²) in [5, 5.41) is 3.00. The van der Waals surface area contributed by atoms with Crippen LogP contribution < -0.4 is 10.2 Å². The quantitative estimate of drug-likeness (QED) is 0.830. The molecule has 0 saturated heterocycles. The fourth-order valence-electron chi connectivity index (χ4n) is 2.22. The Balaban J connectivity index is 1.95. The molecule has 0 spiro atoms. The first kappa shape index (κ1) is 9.87. The van der Waals surface area contributed by atoms with Crippen molar-refractivity contribution in [2.24, 2.45) is 5.92 Å². The first-order valence-corrected chi connectivity index (χ1v) is 5.72. The maximum Gasteiger partial charge on any atom is 0.151 e. The highest BCUT2D eigenvalue weighted by Gasteiger charge is 2.28. The summed E-state index contributed by atoms with van der Waals surface area (Å²) < 4.78 is 26.7. The zero-order chi connectivity index (χ0) is 11.1. The van der Waals surface area contributed by atoms with E-state index in [9.17, 15) is 8.78 Å². The van der Waals surface area contributed by atoms with Gasteiger partial charge in [-0.05, 0) is 24.8 Å². The summed E-state index contributed by atoms with van der Waals surface area (Å²) in [7, 11) is 0. The Hall–Kier alpha value is -1.32. The SMILES string of the molecule is Fc1cc(F)c2c(c1)N(CC1CC1)CCN2. The highest BCUT2D eigenvalue weighted by Crippen LogP contribution is 2.36. The van der Waals surface area contributed by atoms with Crippen molar-refractivity contribution in [2.45, 2.75) is 12.8 Å². The number of halogens is 2. The van der Waals surface area contributed by atoms with Crippen LogP contribution in [0.5, 0.6) is 0 Å². The first-order valence-electron chi connectivity index (χ1n) is 5.72. The Morgan fingerprint density at radius 2 is 2.12 bits per heavy atom. The van der Waals surface area contributed by atoms with Gasteiger partial charge in [-0.2, -0.15) is 0 Å². The molecule has 1 aliphatic carbocycles. The second kappa shape index (κ2) is 3.61. The van der Waals surface area contributed by atoms with Gasteiger partial charge >= 0.3 is 0 Å². The van der Waals surface area contributed by atoms with Gasteiger partial charge in [0, 0.05) is 25.7 Å². The molecule has 1 heterocycles. The van der Waals surface area contributed by atoms with Crippen LogP contribution in [0.2, 0.25) is 0 Å². The molecule has 2 nitrogen and oxygen atoms in total. The van der Waals surface area contributed by atoms with Crippen molar-refractivity contribution in [1.82, 2.24) is 0 Å². The van der Waals surface area contributed by atoms with Gasteiger partial charge in [0.1, 0.15) is 5.82 Å². The average molecular weight is 224 g/mol. The van der Waals surface area contributed by atoms with Crippen molar-refractivity contribution in [3.05, 3.63) is 23.8 Å². The lowest BCUT2D eigenvalue weighted by atomic mass is 10.1. The van der Waals surface area contributed by atoms with Crippen molar-refractivity contribution in [2.75, 3.05) is 29.9 Å². The minimum atomic E-state index is -0.499. The van der Waals surface area contributed by atoms with Gasteiger partial charge in [-0.25, -0.2) is 8.78 Å². The monoisotopic (exact) mass is 224 g/mol. The van der Waals surface area contributed by atoms with Crippen LogP contribution in [0.1, 0.15) is 12.8 Å². The van der Waals surface area contributed by atoms with Crippen molar-refractivity contribution in [1.29, 1.82) is 0 Å². The van der Waals surface area contributed by atoms with E-state index in [1.807, 2.05) is 0 Å². The van der Waals surface area contributed by atoms with E-state index >= 15 is 0 Å². The second-order valence-corrected chi connectivity index (χ2v) is 4.60. The Bertz CT molecular complexity index is 416. The van der Waals surface area contributed by atoms with Gasteiger partial charge in [0.15, 0.2) is 5.82 Å². The largest absolute Gasteiger partial charge is 0.379 e. The summed E-state index contributed by atoms with van der Waals surface area (Å²) in [5.74, 6) is -0.270. The van der Waals surface area contributed by atoms with Crippen LogP contribution in [0.25, 0.3) is 0 Å². The fourth-order valence-corrected chi connectivity index (χ4v) is 2.22. The van der Waals surface area contributed by atoms with E-state index in [-0.39, 0.29) is 0 Å². The third-order valence-corrected chi connectivity index (χ3v) is 3.23. The number of hydrogen-bond donors (Lipinski definition) is 1. The van der Waals surface area contributed by atoms with Crippen molar-refractivity contribution < 1.29 is 8.78 Å². The molecule has 1 aliphatic heterocycles. The number of anilines is 2. The molecule has 0 aromatic heterocycles. The van der Waals surface area contributed by atoms with E-state index in [0.717, 1.165) is 31.6 Å². The van der Waals surface area contributed by atoms with Gasteiger partial charge in [-0.3, -0.25) is 0 Å². The molecule has 0 unspecified atom stereocenters. The van der Waals surface area contributed by atoms with Crippen LogP contribution in [0.4, 0.5) is 20.2 Å². The van der Waals surface area contributed by atoms with E-state index in [4.69, 9.17) is 0 Å². The molecule has 0 bridgehead atoms. The second-order valence-electron chi connectivity index (χ2n) is 4.60. The molecule has 3 rings (SSSR count). The molecular formula is C12H14F2N2. The number of benzene rings is 1. The average Bonchev–Trinajstić information content (AvgIpc) is 3.03. The molecule has 1 aromatic rings. The molecule has 1 fully saturated rings. The number of rotatable bonds is 2. The van der Waals surface area contributed by atoms with E-state index in [0.29, 0.717) is 11.4 Å². The van der Waals surface area contributed by atoms with E-state index in [1.54, 1.807) is 0 Å². The van der Waals surface area contributed by atoms with Crippen LogP contribution in [0.15, 0.2) is 12.1 Å². The zero-order valence-electron chi connectivity index (χ0n) is 8.97. The lowest BCUT2D eigenvalue weighted by molar-refractivity contribution is 0.579. The molecular weight excluding hydrogens is 210 g/mol. The Labute approximate surface area is 93.3 Å². The van der Waals surface area contributed by atoms with Crippen LogP contribution in [0, 0.1) is 17.6 Å². The van der Waals surface area contributed by atoms with Gasteiger partial charge in [0.25, 0.3) is 0 Å². The molecule has 4 heteroatoms. The van der Waals surface area contributed by atoms with Crippen LogP contribution in [-0.4, -0.2) is 19.6 Å². The third-order valence-electron chi connectivity index (χ3n) is 3.23. The van der Waals surface area contributed by atoms with Gasteiger partial charge < -0.3 is 10.2 Å². The maximum absolute atomic E-state index is 13.5. The van der Waals surface area contributed by atoms with E-state index < -0.39 is 11.6 Å². The highest BCUT2D eigenvalue weighted by atomic mass is 19.1. The molecule has 86 valence electrons. The predicted molar refractivity (Wildman–Crippen MR) is 59.8 cm³/mol. The summed E-state index contributed by atoms with van der Waals surface area (Å²) in [6.07, 6.45) is 2.49.